The molecule has 0 aromatic heterocycles. The summed E-state index contributed by atoms with van der Waals surface area (Å²) < 4.78 is 5.26. The van der Waals surface area contributed by atoms with Gasteiger partial charge in [-0.25, -0.2) is 0 Å². The number of ether oxygens (including phenoxy) is 1. The molecule has 0 N–H and O–H groups in total. The van der Waals surface area contributed by atoms with Crippen molar-refractivity contribution in [2.24, 2.45) is 0 Å². The second-order valence-electron chi connectivity index (χ2n) is 5.18. The van der Waals surface area contributed by atoms with Gasteiger partial charge in [-0.05, 0) is 49.7 Å². The first-order chi connectivity index (χ1) is 9.78. The summed E-state index contributed by atoms with van der Waals surface area (Å²) in [6.07, 6.45) is 2.33. The van der Waals surface area contributed by atoms with Crippen LogP contribution < -0.4 is 4.74 Å². The molecular formula is C18H24ClNO. The lowest BCUT2D eigenvalue weighted by Crippen LogP contribution is -2.19. The van der Waals surface area contributed by atoms with Crippen molar-refractivity contribution in [2.75, 3.05) is 20.7 Å². The molecule has 0 aliphatic carbocycles. The van der Waals surface area contributed by atoms with E-state index in [2.05, 4.69) is 54.4 Å². The van der Waals surface area contributed by atoms with E-state index in [4.69, 9.17) is 4.74 Å². The van der Waals surface area contributed by atoms with E-state index in [0.717, 1.165) is 25.3 Å². The van der Waals surface area contributed by atoms with Crippen LogP contribution in [0.15, 0.2) is 54.6 Å². The average Bonchev–Trinajstić information content (AvgIpc) is 2.48. The summed E-state index contributed by atoms with van der Waals surface area (Å²) in [5, 5.41) is 0. The Morgan fingerprint density at radius 1 is 0.952 bits per heavy atom. The predicted molar refractivity (Wildman–Crippen MR) is 91.3 cm³/mol. The molecule has 0 aliphatic heterocycles. The van der Waals surface area contributed by atoms with Gasteiger partial charge in [-0.2, -0.15) is 0 Å². The normalized spacial score (nSPS) is 10.2. The Kier molecular flexibility index (Phi) is 7.88. The molecule has 0 spiro atoms. The van der Waals surface area contributed by atoms with Crippen LogP contribution >= 0.6 is 12.4 Å². The van der Waals surface area contributed by atoms with E-state index in [1.807, 2.05) is 12.1 Å². The van der Waals surface area contributed by atoms with Crippen LogP contribution in [-0.4, -0.2) is 25.6 Å². The maximum Gasteiger partial charge on any atom is 0.119 e. The summed E-state index contributed by atoms with van der Waals surface area (Å²) in [6.45, 7) is 2.07. The highest BCUT2D eigenvalue weighted by Crippen LogP contribution is 2.14. The van der Waals surface area contributed by atoms with Gasteiger partial charge in [0.05, 0.1) is 7.11 Å². The van der Waals surface area contributed by atoms with Crippen molar-refractivity contribution in [1.29, 1.82) is 0 Å². The minimum absolute atomic E-state index is 0. The van der Waals surface area contributed by atoms with Crippen molar-refractivity contribution in [3.63, 3.8) is 0 Å². The van der Waals surface area contributed by atoms with Crippen molar-refractivity contribution < 1.29 is 4.74 Å². The van der Waals surface area contributed by atoms with E-state index >= 15 is 0 Å². The molecule has 0 saturated heterocycles. The van der Waals surface area contributed by atoms with Crippen molar-refractivity contribution >= 4 is 12.4 Å². The number of hydrogen-bond acceptors (Lipinski definition) is 2. The average molecular weight is 306 g/mol. The molecule has 3 heteroatoms. The van der Waals surface area contributed by atoms with Crippen LogP contribution in [0.2, 0.25) is 0 Å². The maximum atomic E-state index is 5.26. The van der Waals surface area contributed by atoms with Crippen LogP contribution in [-0.2, 0) is 13.0 Å². The summed E-state index contributed by atoms with van der Waals surface area (Å²) in [7, 11) is 3.88. The number of rotatable bonds is 7. The van der Waals surface area contributed by atoms with E-state index in [-0.39, 0.29) is 12.4 Å². The predicted octanol–water partition coefficient (Wildman–Crippen LogP) is 4.18. The van der Waals surface area contributed by atoms with Gasteiger partial charge in [-0.3, -0.25) is 0 Å². The molecule has 2 aromatic rings. The number of benzene rings is 2. The smallest absolute Gasteiger partial charge is 0.119 e. The Balaban J connectivity index is 0.00000220. The van der Waals surface area contributed by atoms with Crippen LogP contribution in [0.1, 0.15) is 17.5 Å². The molecule has 0 atom stereocenters. The first-order valence-corrected chi connectivity index (χ1v) is 7.13. The Morgan fingerprint density at radius 3 is 2.38 bits per heavy atom. The number of halogens is 1. The zero-order valence-corrected chi connectivity index (χ0v) is 13.6. The summed E-state index contributed by atoms with van der Waals surface area (Å²) in [5.41, 5.74) is 2.72. The SMILES string of the molecule is COc1cccc(CN(C)CCCc2ccccc2)c1.Cl. The second-order valence-corrected chi connectivity index (χ2v) is 5.18. The molecule has 0 fully saturated rings. The molecular weight excluding hydrogens is 282 g/mol. The quantitative estimate of drug-likeness (QED) is 0.761. The molecule has 0 heterocycles. The van der Waals surface area contributed by atoms with Gasteiger partial charge < -0.3 is 9.64 Å². The molecule has 114 valence electrons. The Labute approximate surface area is 134 Å². The van der Waals surface area contributed by atoms with E-state index in [1.54, 1.807) is 7.11 Å². The van der Waals surface area contributed by atoms with E-state index < -0.39 is 0 Å². The third-order valence-corrected chi connectivity index (χ3v) is 3.43. The minimum Gasteiger partial charge on any atom is -0.497 e. The number of nitrogens with zero attached hydrogens (tertiary/aromatic N) is 1. The number of hydrogen-bond donors (Lipinski definition) is 0. The Bertz CT molecular complexity index is 516. The van der Waals surface area contributed by atoms with E-state index in [1.165, 1.54) is 17.5 Å². The first-order valence-electron chi connectivity index (χ1n) is 7.13. The van der Waals surface area contributed by atoms with Crippen LogP contribution in [0, 0.1) is 0 Å². The summed E-state index contributed by atoms with van der Waals surface area (Å²) >= 11 is 0. The largest absolute Gasteiger partial charge is 0.497 e. The van der Waals surface area contributed by atoms with Crippen molar-refractivity contribution in [3.8, 4) is 5.75 Å². The zero-order chi connectivity index (χ0) is 14.2. The van der Waals surface area contributed by atoms with Crippen LogP contribution in [0.3, 0.4) is 0 Å². The highest BCUT2D eigenvalue weighted by atomic mass is 35.5. The van der Waals surface area contributed by atoms with Crippen LogP contribution in [0.4, 0.5) is 0 Å². The molecule has 2 nitrogen and oxygen atoms in total. The molecule has 0 radical (unpaired) electrons. The van der Waals surface area contributed by atoms with E-state index in [0.29, 0.717) is 0 Å². The van der Waals surface area contributed by atoms with Gasteiger partial charge in [0.1, 0.15) is 5.75 Å². The molecule has 21 heavy (non-hydrogen) atoms. The fraction of sp³-hybridized carbons (Fsp3) is 0.333. The molecule has 0 aliphatic rings. The van der Waals surface area contributed by atoms with Crippen molar-refractivity contribution in [3.05, 3.63) is 65.7 Å². The van der Waals surface area contributed by atoms with Crippen LogP contribution in [0.5, 0.6) is 5.75 Å². The molecule has 0 amide bonds. The highest BCUT2D eigenvalue weighted by molar-refractivity contribution is 5.85. The van der Waals surface area contributed by atoms with Gasteiger partial charge in [0.25, 0.3) is 0 Å². The Morgan fingerprint density at radius 2 is 1.67 bits per heavy atom. The van der Waals surface area contributed by atoms with Gasteiger partial charge in [0, 0.05) is 6.54 Å². The zero-order valence-electron chi connectivity index (χ0n) is 12.8. The van der Waals surface area contributed by atoms with Gasteiger partial charge in [-0.15, -0.1) is 12.4 Å². The standard InChI is InChI=1S/C18H23NO.ClH/c1-19(13-7-11-16-8-4-3-5-9-16)15-17-10-6-12-18(14-17)20-2;/h3-6,8-10,12,14H,7,11,13,15H2,1-2H3;1H. The van der Waals surface area contributed by atoms with Crippen molar-refractivity contribution in [2.45, 2.75) is 19.4 Å². The lowest BCUT2D eigenvalue weighted by atomic mass is 10.1. The lowest BCUT2D eigenvalue weighted by Gasteiger charge is -2.17. The lowest BCUT2D eigenvalue weighted by molar-refractivity contribution is 0.321. The van der Waals surface area contributed by atoms with Gasteiger partial charge in [0.15, 0.2) is 0 Å². The topological polar surface area (TPSA) is 12.5 Å². The second kappa shape index (κ2) is 9.43. The highest BCUT2D eigenvalue weighted by Gasteiger charge is 2.02. The summed E-state index contributed by atoms with van der Waals surface area (Å²) in [6, 6.07) is 19.0. The van der Waals surface area contributed by atoms with Gasteiger partial charge in [0.2, 0.25) is 0 Å². The molecule has 2 aromatic carbocycles. The van der Waals surface area contributed by atoms with Gasteiger partial charge >= 0.3 is 0 Å². The summed E-state index contributed by atoms with van der Waals surface area (Å²) in [4.78, 5) is 2.36. The Hall–Kier alpha value is -1.51. The monoisotopic (exact) mass is 305 g/mol. The third-order valence-electron chi connectivity index (χ3n) is 3.43. The fourth-order valence-corrected chi connectivity index (χ4v) is 2.36. The third kappa shape index (κ3) is 6.19. The molecule has 0 saturated carbocycles. The number of aryl methyl sites for hydroxylation is 1. The fourth-order valence-electron chi connectivity index (χ4n) is 2.36. The van der Waals surface area contributed by atoms with Crippen molar-refractivity contribution in [1.82, 2.24) is 4.90 Å². The molecule has 0 unspecified atom stereocenters. The maximum absolute atomic E-state index is 5.26. The number of methoxy groups -OCH3 is 1. The van der Waals surface area contributed by atoms with E-state index in [9.17, 15) is 0 Å². The van der Waals surface area contributed by atoms with Gasteiger partial charge in [-0.1, -0.05) is 42.5 Å². The molecule has 0 bridgehead atoms. The first kappa shape index (κ1) is 17.5. The summed E-state index contributed by atoms with van der Waals surface area (Å²) in [5.74, 6) is 0.931. The molecule has 2 rings (SSSR count). The minimum atomic E-state index is 0. The van der Waals surface area contributed by atoms with Crippen LogP contribution in [0.25, 0.3) is 0 Å².